The van der Waals surface area contributed by atoms with Gasteiger partial charge in [0.2, 0.25) is 0 Å². The molecule has 0 aliphatic carbocycles. The lowest BCUT2D eigenvalue weighted by atomic mass is 10.2. The topological polar surface area (TPSA) is 29.1 Å². The summed E-state index contributed by atoms with van der Waals surface area (Å²) in [6.45, 7) is 5.32. The van der Waals surface area contributed by atoms with Gasteiger partial charge in [-0.1, -0.05) is 23.1 Å². The van der Waals surface area contributed by atoms with Crippen LogP contribution in [0.25, 0.3) is 11.1 Å². The van der Waals surface area contributed by atoms with Gasteiger partial charge < -0.3 is 4.90 Å². The Morgan fingerprint density at radius 3 is 2.67 bits per heavy atom. The van der Waals surface area contributed by atoms with Gasteiger partial charge in [-0.25, -0.2) is 0 Å². The van der Waals surface area contributed by atoms with Gasteiger partial charge in [-0.05, 0) is 32.0 Å². The lowest BCUT2D eigenvalue weighted by Crippen LogP contribution is -2.35. The van der Waals surface area contributed by atoms with Crippen LogP contribution in [0.2, 0.25) is 0 Å². The van der Waals surface area contributed by atoms with E-state index in [9.17, 15) is 18.0 Å². The second kappa shape index (κ2) is 7.90. The third-order valence-electron chi connectivity index (χ3n) is 4.88. The fourth-order valence-corrected chi connectivity index (χ4v) is 6.72. The number of nitrogens with zero attached hydrogens (tertiary/aromatic N) is 3. The summed E-state index contributed by atoms with van der Waals surface area (Å²) in [4.78, 5) is 15.4. The number of aryl methyl sites for hydroxylation is 1. The molecule has 10 heteroatoms. The second-order valence-corrected chi connectivity index (χ2v) is 9.62. The first-order chi connectivity index (χ1) is 14.2. The Hall–Kier alpha value is -2.04. The largest absolute Gasteiger partial charge is 0.416 e. The van der Waals surface area contributed by atoms with Crippen molar-refractivity contribution in [3.63, 3.8) is 0 Å². The van der Waals surface area contributed by atoms with Crippen molar-refractivity contribution in [2.24, 2.45) is 0 Å². The minimum Gasteiger partial charge on any atom is -0.337 e. The summed E-state index contributed by atoms with van der Waals surface area (Å²) in [5.74, 6) is 0. The number of thiazole rings is 2. The van der Waals surface area contributed by atoms with E-state index in [4.69, 9.17) is 0 Å². The molecule has 1 aliphatic rings. The molecular formula is C20H19F3N3OS3+. The number of rotatable bonds is 3. The molecule has 158 valence electrons. The van der Waals surface area contributed by atoms with E-state index in [-0.39, 0.29) is 5.56 Å². The van der Waals surface area contributed by atoms with E-state index in [0.29, 0.717) is 26.7 Å². The third kappa shape index (κ3) is 3.61. The van der Waals surface area contributed by atoms with Crippen LogP contribution in [0.4, 0.5) is 18.9 Å². The number of thioether (sulfide) groups is 1. The molecule has 3 heterocycles. The first-order valence-electron chi connectivity index (χ1n) is 9.30. The Bertz CT molecular complexity index is 1290. The summed E-state index contributed by atoms with van der Waals surface area (Å²) < 4.78 is 44.5. The summed E-state index contributed by atoms with van der Waals surface area (Å²) in [7, 11) is 1.78. The molecule has 30 heavy (non-hydrogen) atoms. The Labute approximate surface area is 183 Å². The van der Waals surface area contributed by atoms with Crippen LogP contribution >= 0.6 is 34.4 Å². The fraction of sp³-hybridized carbons (Fsp3) is 0.300. The van der Waals surface area contributed by atoms with Crippen LogP contribution in [0.3, 0.4) is 0 Å². The predicted octanol–water partition coefficient (Wildman–Crippen LogP) is 3.45. The highest BCUT2D eigenvalue weighted by Gasteiger charge is 2.33. The highest BCUT2D eigenvalue weighted by atomic mass is 32.2. The van der Waals surface area contributed by atoms with Gasteiger partial charge >= 0.3 is 6.18 Å². The van der Waals surface area contributed by atoms with Crippen LogP contribution in [-0.4, -0.2) is 11.6 Å². The minimum absolute atomic E-state index is 0.119. The lowest BCUT2D eigenvalue weighted by molar-refractivity contribution is -0.690. The average molecular weight is 471 g/mol. The molecule has 1 aliphatic heterocycles. The minimum atomic E-state index is -4.40. The fourth-order valence-electron chi connectivity index (χ4n) is 3.30. The summed E-state index contributed by atoms with van der Waals surface area (Å²) >= 11 is 4.19. The van der Waals surface area contributed by atoms with Gasteiger partial charge in [0, 0.05) is 18.5 Å². The predicted molar refractivity (Wildman–Crippen MR) is 116 cm³/mol. The maximum atomic E-state index is 13.1. The third-order valence-corrected chi connectivity index (χ3v) is 8.20. The van der Waals surface area contributed by atoms with E-state index in [1.165, 1.54) is 29.2 Å². The van der Waals surface area contributed by atoms with Crippen LogP contribution in [0.15, 0.2) is 39.5 Å². The number of aromatic nitrogens is 2. The van der Waals surface area contributed by atoms with Crippen molar-refractivity contribution < 1.29 is 17.7 Å². The second-order valence-electron chi connectivity index (χ2n) is 6.64. The van der Waals surface area contributed by atoms with Crippen molar-refractivity contribution in [3.8, 4) is 0 Å². The van der Waals surface area contributed by atoms with Crippen LogP contribution in [-0.2, 0) is 19.3 Å². The number of alkyl halides is 3. The standard InChI is InChI=1S/C20H19F3N3OS3/c1-4-25-8-9-28-15(25)11-16-26(5-2)18(27)17(30-16)19-24(3)13-7-6-12(20(21,22)23)10-14(13)29-19/h6-11H,4-5H2,1-3H3/q+1/b19-17+. The Morgan fingerprint density at radius 1 is 1.23 bits per heavy atom. The van der Waals surface area contributed by atoms with Gasteiger partial charge in [-0.15, -0.1) is 11.3 Å². The zero-order valence-electron chi connectivity index (χ0n) is 16.5. The number of benzene rings is 1. The maximum Gasteiger partial charge on any atom is 0.416 e. The molecule has 2 aromatic heterocycles. The van der Waals surface area contributed by atoms with Crippen molar-refractivity contribution in [1.82, 2.24) is 4.57 Å². The molecule has 0 radical (unpaired) electrons. The van der Waals surface area contributed by atoms with Gasteiger partial charge in [-0.2, -0.15) is 17.7 Å². The molecule has 4 nitrogen and oxygen atoms in total. The molecule has 3 aromatic rings. The van der Waals surface area contributed by atoms with E-state index in [1.54, 1.807) is 27.9 Å². The van der Waals surface area contributed by atoms with E-state index >= 15 is 0 Å². The van der Waals surface area contributed by atoms with E-state index < -0.39 is 11.7 Å². The van der Waals surface area contributed by atoms with Crippen LogP contribution in [0.5, 0.6) is 0 Å². The van der Waals surface area contributed by atoms with Crippen molar-refractivity contribution in [2.45, 2.75) is 38.0 Å². The summed E-state index contributed by atoms with van der Waals surface area (Å²) in [5, 5.41) is 3.71. The Morgan fingerprint density at radius 2 is 2.00 bits per heavy atom. The molecule has 0 spiro atoms. The first-order valence-corrected chi connectivity index (χ1v) is 11.8. The van der Waals surface area contributed by atoms with Crippen LogP contribution in [0, 0.1) is 0 Å². The summed E-state index contributed by atoms with van der Waals surface area (Å²) in [6.07, 6.45) is -0.391. The molecule has 0 fully saturated rings. The number of hydrogen-bond acceptors (Lipinski definition) is 5. The molecule has 1 aromatic carbocycles. The smallest absolute Gasteiger partial charge is 0.337 e. The summed E-state index contributed by atoms with van der Waals surface area (Å²) in [5.41, 5.74) is -0.130. The quantitative estimate of drug-likeness (QED) is 0.549. The molecule has 0 saturated heterocycles. The van der Waals surface area contributed by atoms with Crippen LogP contribution < -0.4 is 24.2 Å². The van der Waals surface area contributed by atoms with E-state index in [2.05, 4.69) is 11.5 Å². The van der Waals surface area contributed by atoms with Crippen molar-refractivity contribution in [3.05, 3.63) is 59.9 Å². The molecule has 0 saturated carbocycles. The van der Waals surface area contributed by atoms with Gasteiger partial charge in [0.25, 0.3) is 10.6 Å². The Kier molecular flexibility index (Phi) is 5.58. The molecule has 0 bridgehead atoms. The van der Waals surface area contributed by atoms with Crippen molar-refractivity contribution >= 4 is 51.2 Å². The monoisotopic (exact) mass is 470 g/mol. The molecule has 0 atom stereocenters. The highest BCUT2D eigenvalue weighted by Crippen LogP contribution is 2.47. The van der Waals surface area contributed by atoms with Gasteiger partial charge in [0.15, 0.2) is 6.20 Å². The van der Waals surface area contributed by atoms with E-state index in [0.717, 1.165) is 28.3 Å². The van der Waals surface area contributed by atoms with Crippen molar-refractivity contribution in [1.29, 1.82) is 0 Å². The SMILES string of the molecule is CCn1c(=O)/c(=C2\Sc3cc(C(F)(F)F)ccc3N2C)s/c1=C\c1scc[n+]1CC. The lowest BCUT2D eigenvalue weighted by Gasteiger charge is -2.13. The molecule has 4 rings (SSSR count). The van der Waals surface area contributed by atoms with Gasteiger partial charge in [-0.3, -0.25) is 9.36 Å². The molecule has 0 unspecified atom stereocenters. The number of anilines is 1. The van der Waals surface area contributed by atoms with Gasteiger partial charge in [0.05, 0.1) is 22.7 Å². The normalized spacial score (nSPS) is 16.5. The highest BCUT2D eigenvalue weighted by molar-refractivity contribution is 8.08. The maximum absolute atomic E-state index is 13.1. The van der Waals surface area contributed by atoms with Crippen molar-refractivity contribution in [2.75, 3.05) is 11.9 Å². The number of halogens is 3. The molecule has 0 N–H and O–H groups in total. The number of fused-ring (bicyclic) bond motifs is 1. The summed E-state index contributed by atoms with van der Waals surface area (Å²) in [6, 6.07) is 3.70. The zero-order valence-corrected chi connectivity index (χ0v) is 18.9. The van der Waals surface area contributed by atoms with Gasteiger partial charge in [0.1, 0.15) is 20.8 Å². The van der Waals surface area contributed by atoms with E-state index in [1.807, 2.05) is 24.6 Å². The first kappa shape index (κ1) is 21.2. The number of hydrogen-bond donors (Lipinski definition) is 0. The molecular weight excluding hydrogens is 451 g/mol. The molecule has 0 amide bonds. The van der Waals surface area contributed by atoms with Crippen LogP contribution in [0.1, 0.15) is 24.4 Å². The average Bonchev–Trinajstić information content (AvgIpc) is 3.37. The zero-order chi connectivity index (χ0) is 21.6. The Balaban J connectivity index is 1.88.